The highest BCUT2D eigenvalue weighted by Crippen LogP contribution is 2.13. The van der Waals surface area contributed by atoms with E-state index in [1.54, 1.807) is 19.4 Å². The Morgan fingerprint density at radius 3 is 2.35 bits per heavy atom. The highest BCUT2D eigenvalue weighted by atomic mass is 16.5. The zero-order chi connectivity index (χ0) is 14.4. The molecule has 0 atom stereocenters. The first-order valence-electron chi connectivity index (χ1n) is 6.39. The van der Waals surface area contributed by atoms with Crippen molar-refractivity contribution in [2.24, 2.45) is 0 Å². The van der Waals surface area contributed by atoms with Crippen LogP contribution in [0.4, 0.5) is 0 Å². The number of ether oxygens (including phenoxy) is 2. The maximum Gasteiger partial charge on any atom is 0.339 e. The summed E-state index contributed by atoms with van der Waals surface area (Å²) in [5.74, 6) is 0.494. The third kappa shape index (κ3) is 3.57. The van der Waals surface area contributed by atoms with Crippen molar-refractivity contribution in [3.05, 3.63) is 59.4 Å². The minimum absolute atomic E-state index is 0.362. The van der Waals surface area contributed by atoms with Crippen molar-refractivity contribution in [3.8, 4) is 5.75 Å². The normalized spacial score (nSPS) is 10.1. The molecule has 0 amide bonds. The Morgan fingerprint density at radius 1 is 1.05 bits per heavy atom. The lowest BCUT2D eigenvalue weighted by molar-refractivity contribution is 0.0600. The van der Waals surface area contributed by atoms with Gasteiger partial charge in [0.1, 0.15) is 5.75 Å². The SMILES string of the molecule is COC(=O)c1ccc(CCc2ccc(OC)cc2)nc1. The monoisotopic (exact) mass is 271 g/mol. The molecule has 0 saturated heterocycles. The van der Waals surface area contributed by atoms with E-state index in [1.165, 1.54) is 12.7 Å². The van der Waals surface area contributed by atoms with Crippen LogP contribution in [0.1, 0.15) is 21.6 Å². The average Bonchev–Trinajstić information content (AvgIpc) is 2.53. The molecule has 0 radical (unpaired) electrons. The van der Waals surface area contributed by atoms with E-state index >= 15 is 0 Å². The summed E-state index contributed by atoms with van der Waals surface area (Å²) in [4.78, 5) is 15.6. The van der Waals surface area contributed by atoms with Gasteiger partial charge in [-0.25, -0.2) is 4.79 Å². The predicted octanol–water partition coefficient (Wildman–Crippen LogP) is 2.66. The predicted molar refractivity (Wildman–Crippen MR) is 76.0 cm³/mol. The zero-order valence-corrected chi connectivity index (χ0v) is 11.6. The maximum absolute atomic E-state index is 11.3. The second-order valence-corrected chi connectivity index (χ2v) is 4.38. The highest BCUT2D eigenvalue weighted by Gasteiger charge is 2.05. The molecular formula is C16H17NO3. The van der Waals surface area contributed by atoms with Gasteiger partial charge in [0, 0.05) is 11.9 Å². The van der Waals surface area contributed by atoms with E-state index in [9.17, 15) is 4.79 Å². The summed E-state index contributed by atoms with van der Waals surface area (Å²) in [7, 11) is 3.02. The molecule has 0 saturated carbocycles. The van der Waals surface area contributed by atoms with Crippen LogP contribution >= 0.6 is 0 Å². The van der Waals surface area contributed by atoms with Gasteiger partial charge in [-0.3, -0.25) is 4.98 Å². The summed E-state index contributed by atoms with van der Waals surface area (Å²) in [5.41, 5.74) is 2.65. The van der Waals surface area contributed by atoms with Crippen molar-refractivity contribution in [1.29, 1.82) is 0 Å². The number of benzene rings is 1. The largest absolute Gasteiger partial charge is 0.497 e. The molecule has 0 fully saturated rings. The van der Waals surface area contributed by atoms with Gasteiger partial charge < -0.3 is 9.47 Å². The summed E-state index contributed by atoms with van der Waals surface area (Å²) in [6.07, 6.45) is 3.28. The fraction of sp³-hybridized carbons (Fsp3) is 0.250. The molecule has 0 bridgehead atoms. The number of esters is 1. The van der Waals surface area contributed by atoms with Gasteiger partial charge in [-0.05, 0) is 42.7 Å². The lowest BCUT2D eigenvalue weighted by Gasteiger charge is -2.04. The molecule has 1 aromatic carbocycles. The van der Waals surface area contributed by atoms with Crippen LogP contribution in [-0.2, 0) is 17.6 Å². The van der Waals surface area contributed by atoms with E-state index < -0.39 is 0 Å². The standard InChI is InChI=1S/C16H17NO3/c1-19-15-9-4-12(5-10-15)3-7-14-8-6-13(11-17-14)16(18)20-2/h4-6,8-11H,3,7H2,1-2H3. The molecule has 4 heteroatoms. The molecule has 20 heavy (non-hydrogen) atoms. The van der Waals surface area contributed by atoms with Gasteiger partial charge in [-0.2, -0.15) is 0 Å². The van der Waals surface area contributed by atoms with Crippen LogP contribution in [0.25, 0.3) is 0 Å². The lowest BCUT2D eigenvalue weighted by Crippen LogP contribution is -2.03. The van der Waals surface area contributed by atoms with Crippen LogP contribution in [0.15, 0.2) is 42.6 Å². The molecule has 0 N–H and O–H groups in total. The van der Waals surface area contributed by atoms with Crippen LogP contribution < -0.4 is 4.74 Å². The van der Waals surface area contributed by atoms with Gasteiger partial charge >= 0.3 is 5.97 Å². The molecule has 0 aliphatic rings. The zero-order valence-electron chi connectivity index (χ0n) is 11.6. The number of methoxy groups -OCH3 is 2. The van der Waals surface area contributed by atoms with Crippen LogP contribution in [0.5, 0.6) is 5.75 Å². The summed E-state index contributed by atoms with van der Waals surface area (Å²) in [6.45, 7) is 0. The molecule has 2 rings (SSSR count). The molecule has 0 spiro atoms. The molecule has 0 aliphatic heterocycles. The minimum atomic E-state index is -0.362. The Bertz CT molecular complexity index is 561. The Balaban J connectivity index is 1.94. The van der Waals surface area contributed by atoms with Crippen molar-refractivity contribution in [2.45, 2.75) is 12.8 Å². The van der Waals surface area contributed by atoms with E-state index in [1.807, 2.05) is 30.3 Å². The second-order valence-electron chi connectivity index (χ2n) is 4.38. The van der Waals surface area contributed by atoms with Crippen molar-refractivity contribution in [3.63, 3.8) is 0 Å². The minimum Gasteiger partial charge on any atom is -0.497 e. The Hall–Kier alpha value is -2.36. The second kappa shape index (κ2) is 6.70. The van der Waals surface area contributed by atoms with E-state index in [2.05, 4.69) is 9.72 Å². The summed E-state index contributed by atoms with van der Waals surface area (Å²) in [5, 5.41) is 0. The van der Waals surface area contributed by atoms with Gasteiger partial charge in [-0.15, -0.1) is 0 Å². The number of carbonyl (C=O) groups is 1. The molecule has 1 heterocycles. The Morgan fingerprint density at radius 2 is 1.80 bits per heavy atom. The third-order valence-corrected chi connectivity index (χ3v) is 3.07. The van der Waals surface area contributed by atoms with Gasteiger partial charge in [0.2, 0.25) is 0 Å². The van der Waals surface area contributed by atoms with Gasteiger partial charge in [0.15, 0.2) is 0 Å². The molecular weight excluding hydrogens is 254 g/mol. The van der Waals surface area contributed by atoms with E-state index in [0.29, 0.717) is 5.56 Å². The van der Waals surface area contributed by atoms with Gasteiger partial charge in [0.05, 0.1) is 19.8 Å². The van der Waals surface area contributed by atoms with E-state index in [-0.39, 0.29) is 5.97 Å². The van der Waals surface area contributed by atoms with Crippen molar-refractivity contribution in [2.75, 3.05) is 14.2 Å². The number of rotatable bonds is 5. The number of nitrogens with zero attached hydrogens (tertiary/aromatic N) is 1. The fourth-order valence-corrected chi connectivity index (χ4v) is 1.88. The maximum atomic E-state index is 11.3. The highest BCUT2D eigenvalue weighted by molar-refractivity contribution is 5.88. The first-order valence-corrected chi connectivity index (χ1v) is 6.39. The van der Waals surface area contributed by atoms with Crippen molar-refractivity contribution >= 4 is 5.97 Å². The number of hydrogen-bond acceptors (Lipinski definition) is 4. The van der Waals surface area contributed by atoms with Crippen LogP contribution in [0, 0.1) is 0 Å². The van der Waals surface area contributed by atoms with Crippen LogP contribution in [0.2, 0.25) is 0 Å². The summed E-state index contributed by atoms with van der Waals surface area (Å²) in [6, 6.07) is 11.6. The lowest BCUT2D eigenvalue weighted by atomic mass is 10.1. The quantitative estimate of drug-likeness (QED) is 0.784. The summed E-state index contributed by atoms with van der Waals surface area (Å²) >= 11 is 0. The van der Waals surface area contributed by atoms with E-state index in [0.717, 1.165) is 24.3 Å². The molecule has 0 aliphatic carbocycles. The van der Waals surface area contributed by atoms with Crippen LogP contribution in [0.3, 0.4) is 0 Å². The first-order chi connectivity index (χ1) is 9.72. The number of aromatic nitrogens is 1. The smallest absolute Gasteiger partial charge is 0.339 e. The fourth-order valence-electron chi connectivity index (χ4n) is 1.88. The average molecular weight is 271 g/mol. The molecule has 4 nitrogen and oxygen atoms in total. The summed E-state index contributed by atoms with van der Waals surface area (Å²) < 4.78 is 9.76. The molecule has 0 unspecified atom stereocenters. The number of aryl methyl sites for hydroxylation is 2. The number of hydrogen-bond donors (Lipinski definition) is 0. The van der Waals surface area contributed by atoms with Gasteiger partial charge in [-0.1, -0.05) is 12.1 Å². The first kappa shape index (κ1) is 14.1. The third-order valence-electron chi connectivity index (χ3n) is 3.07. The molecule has 1 aromatic heterocycles. The van der Waals surface area contributed by atoms with Crippen molar-refractivity contribution in [1.82, 2.24) is 4.98 Å². The number of pyridine rings is 1. The molecule has 104 valence electrons. The van der Waals surface area contributed by atoms with E-state index in [4.69, 9.17) is 4.74 Å². The Kier molecular flexibility index (Phi) is 4.71. The van der Waals surface area contributed by atoms with Gasteiger partial charge in [0.25, 0.3) is 0 Å². The Labute approximate surface area is 118 Å². The van der Waals surface area contributed by atoms with Crippen molar-refractivity contribution < 1.29 is 14.3 Å². The topological polar surface area (TPSA) is 48.4 Å². The number of carbonyl (C=O) groups excluding carboxylic acids is 1. The molecule has 2 aromatic rings. The van der Waals surface area contributed by atoms with Crippen LogP contribution in [-0.4, -0.2) is 25.2 Å².